The Morgan fingerprint density at radius 1 is 0.739 bits per heavy atom. The van der Waals surface area contributed by atoms with Crippen molar-refractivity contribution in [1.29, 1.82) is 0 Å². The van der Waals surface area contributed by atoms with E-state index in [2.05, 4.69) is 6.92 Å². The predicted molar refractivity (Wildman–Crippen MR) is 90.6 cm³/mol. The van der Waals surface area contributed by atoms with Gasteiger partial charge in [-0.05, 0) is 30.7 Å². The van der Waals surface area contributed by atoms with Crippen LogP contribution < -0.4 is 9.47 Å². The van der Waals surface area contributed by atoms with Crippen molar-refractivity contribution in [3.63, 3.8) is 0 Å². The predicted octanol–water partition coefficient (Wildman–Crippen LogP) is 5.05. The highest BCUT2D eigenvalue weighted by molar-refractivity contribution is 5.73. The van der Waals surface area contributed by atoms with E-state index in [1.165, 1.54) is 32.1 Å². The summed E-state index contributed by atoms with van der Waals surface area (Å²) in [5, 5.41) is 0. The first kappa shape index (κ1) is 19.2. The largest absolute Gasteiger partial charge is 0.427 e. The van der Waals surface area contributed by atoms with Crippen molar-refractivity contribution in [2.24, 2.45) is 0 Å². The number of hydrogen-bond donors (Lipinski definition) is 0. The molecule has 0 aliphatic rings. The highest BCUT2D eigenvalue weighted by Crippen LogP contribution is 2.19. The van der Waals surface area contributed by atoms with Crippen LogP contribution in [0.25, 0.3) is 0 Å². The van der Waals surface area contributed by atoms with Crippen molar-refractivity contribution in [2.75, 3.05) is 0 Å². The Morgan fingerprint density at radius 3 is 1.74 bits per heavy atom. The van der Waals surface area contributed by atoms with Crippen LogP contribution in [0, 0.1) is 0 Å². The van der Waals surface area contributed by atoms with E-state index in [1.54, 1.807) is 31.2 Å². The summed E-state index contributed by atoms with van der Waals surface area (Å²) >= 11 is 0. The van der Waals surface area contributed by atoms with E-state index in [-0.39, 0.29) is 11.9 Å². The topological polar surface area (TPSA) is 52.6 Å². The van der Waals surface area contributed by atoms with Gasteiger partial charge in [-0.25, -0.2) is 0 Å². The van der Waals surface area contributed by atoms with Gasteiger partial charge in [0.05, 0.1) is 0 Å². The number of rotatable bonds is 11. The molecule has 1 rings (SSSR count). The summed E-state index contributed by atoms with van der Waals surface area (Å²) in [5.41, 5.74) is 0. The normalized spacial score (nSPS) is 10.3. The third-order valence-electron chi connectivity index (χ3n) is 3.56. The fourth-order valence-electron chi connectivity index (χ4n) is 2.19. The monoisotopic (exact) mass is 320 g/mol. The van der Waals surface area contributed by atoms with Gasteiger partial charge in [0.15, 0.2) is 0 Å². The summed E-state index contributed by atoms with van der Waals surface area (Å²) in [6.07, 6.45) is 8.99. The Morgan fingerprint density at radius 2 is 1.22 bits per heavy atom. The number of esters is 2. The molecule has 0 atom stereocenters. The zero-order valence-electron chi connectivity index (χ0n) is 14.3. The SMILES string of the molecule is CCCCCCCCCC(=O)Oc1ccc(OC(=O)CC)cc1. The Kier molecular flexibility index (Phi) is 9.76. The second kappa shape index (κ2) is 11.7. The van der Waals surface area contributed by atoms with Gasteiger partial charge in [-0.2, -0.15) is 0 Å². The number of carbonyl (C=O) groups is 2. The van der Waals surface area contributed by atoms with Crippen LogP contribution in [0.5, 0.6) is 11.5 Å². The number of benzene rings is 1. The maximum atomic E-state index is 11.7. The molecule has 0 N–H and O–H groups in total. The summed E-state index contributed by atoms with van der Waals surface area (Å²) < 4.78 is 10.3. The molecule has 0 radical (unpaired) electrons. The van der Waals surface area contributed by atoms with Crippen molar-refractivity contribution in [3.8, 4) is 11.5 Å². The molecule has 128 valence electrons. The third-order valence-corrected chi connectivity index (χ3v) is 3.56. The maximum absolute atomic E-state index is 11.7. The lowest BCUT2D eigenvalue weighted by Gasteiger charge is -2.06. The fourth-order valence-corrected chi connectivity index (χ4v) is 2.19. The van der Waals surface area contributed by atoms with Gasteiger partial charge in [0, 0.05) is 12.8 Å². The average Bonchev–Trinajstić information content (AvgIpc) is 2.55. The van der Waals surface area contributed by atoms with Gasteiger partial charge in [-0.1, -0.05) is 52.4 Å². The average molecular weight is 320 g/mol. The summed E-state index contributed by atoms with van der Waals surface area (Å²) in [6, 6.07) is 6.54. The molecule has 0 saturated heterocycles. The molecule has 1 aromatic rings. The third kappa shape index (κ3) is 9.01. The standard InChI is InChI=1S/C19H28O4/c1-3-5-6-7-8-9-10-11-19(21)23-17-14-12-16(13-15-17)22-18(20)4-2/h12-15H,3-11H2,1-2H3. The van der Waals surface area contributed by atoms with Crippen molar-refractivity contribution >= 4 is 11.9 Å². The van der Waals surface area contributed by atoms with E-state index >= 15 is 0 Å². The van der Waals surface area contributed by atoms with Crippen LogP contribution in [-0.2, 0) is 9.59 Å². The summed E-state index contributed by atoms with van der Waals surface area (Å²) in [7, 11) is 0. The molecule has 4 nitrogen and oxygen atoms in total. The lowest BCUT2D eigenvalue weighted by molar-refractivity contribution is -0.135. The Bertz CT molecular complexity index is 465. The Labute approximate surface area is 139 Å². The molecule has 0 fully saturated rings. The van der Waals surface area contributed by atoms with Gasteiger partial charge >= 0.3 is 11.9 Å². The quantitative estimate of drug-likeness (QED) is 0.325. The van der Waals surface area contributed by atoms with Gasteiger partial charge in [-0.15, -0.1) is 0 Å². The molecular formula is C19H28O4. The number of ether oxygens (including phenoxy) is 2. The van der Waals surface area contributed by atoms with Crippen LogP contribution in [0.2, 0.25) is 0 Å². The van der Waals surface area contributed by atoms with Crippen LogP contribution in [0.3, 0.4) is 0 Å². The first-order chi connectivity index (χ1) is 11.2. The minimum absolute atomic E-state index is 0.211. The molecule has 0 bridgehead atoms. The van der Waals surface area contributed by atoms with Crippen molar-refractivity contribution in [1.82, 2.24) is 0 Å². The molecule has 0 aliphatic heterocycles. The van der Waals surface area contributed by atoms with E-state index in [0.29, 0.717) is 24.3 Å². The molecule has 23 heavy (non-hydrogen) atoms. The van der Waals surface area contributed by atoms with Crippen LogP contribution in [0.15, 0.2) is 24.3 Å². The van der Waals surface area contributed by atoms with E-state index in [9.17, 15) is 9.59 Å². The van der Waals surface area contributed by atoms with Gasteiger partial charge in [0.2, 0.25) is 0 Å². The maximum Gasteiger partial charge on any atom is 0.311 e. The molecule has 0 heterocycles. The Hall–Kier alpha value is -1.84. The van der Waals surface area contributed by atoms with Crippen LogP contribution in [0.4, 0.5) is 0 Å². The summed E-state index contributed by atoms with van der Waals surface area (Å²) in [4.78, 5) is 22.9. The molecule has 0 saturated carbocycles. The number of carbonyl (C=O) groups excluding carboxylic acids is 2. The molecule has 0 amide bonds. The molecule has 4 heteroatoms. The highest BCUT2D eigenvalue weighted by atomic mass is 16.5. The zero-order chi connectivity index (χ0) is 16.9. The van der Waals surface area contributed by atoms with E-state index in [1.807, 2.05) is 0 Å². The lowest BCUT2D eigenvalue weighted by Crippen LogP contribution is -2.08. The number of unbranched alkanes of at least 4 members (excludes halogenated alkanes) is 6. The van der Waals surface area contributed by atoms with Gasteiger partial charge in [0.1, 0.15) is 11.5 Å². The first-order valence-electron chi connectivity index (χ1n) is 8.67. The Balaban J connectivity index is 2.20. The molecule has 0 spiro atoms. The first-order valence-corrected chi connectivity index (χ1v) is 8.67. The minimum Gasteiger partial charge on any atom is -0.427 e. The van der Waals surface area contributed by atoms with Crippen molar-refractivity contribution < 1.29 is 19.1 Å². The summed E-state index contributed by atoms with van der Waals surface area (Å²) in [6.45, 7) is 3.94. The van der Waals surface area contributed by atoms with Crippen LogP contribution in [0.1, 0.15) is 71.6 Å². The molecule has 0 aliphatic carbocycles. The van der Waals surface area contributed by atoms with Gasteiger partial charge in [-0.3, -0.25) is 9.59 Å². The molecular weight excluding hydrogens is 292 g/mol. The van der Waals surface area contributed by atoms with Crippen LogP contribution >= 0.6 is 0 Å². The number of hydrogen-bond acceptors (Lipinski definition) is 4. The van der Waals surface area contributed by atoms with Crippen LogP contribution in [-0.4, -0.2) is 11.9 Å². The molecule has 1 aromatic carbocycles. The van der Waals surface area contributed by atoms with E-state index in [4.69, 9.17) is 9.47 Å². The van der Waals surface area contributed by atoms with Gasteiger partial charge < -0.3 is 9.47 Å². The second-order valence-electron chi connectivity index (χ2n) is 5.64. The lowest BCUT2D eigenvalue weighted by atomic mass is 10.1. The minimum atomic E-state index is -0.284. The van der Waals surface area contributed by atoms with Gasteiger partial charge in [0.25, 0.3) is 0 Å². The molecule has 0 aromatic heterocycles. The van der Waals surface area contributed by atoms with Crippen molar-refractivity contribution in [2.45, 2.75) is 71.6 Å². The fraction of sp³-hybridized carbons (Fsp3) is 0.579. The highest BCUT2D eigenvalue weighted by Gasteiger charge is 2.06. The smallest absolute Gasteiger partial charge is 0.311 e. The van der Waals surface area contributed by atoms with E-state index < -0.39 is 0 Å². The van der Waals surface area contributed by atoms with Crippen molar-refractivity contribution in [3.05, 3.63) is 24.3 Å². The second-order valence-corrected chi connectivity index (χ2v) is 5.64. The zero-order valence-corrected chi connectivity index (χ0v) is 14.3. The van der Waals surface area contributed by atoms with E-state index in [0.717, 1.165) is 12.8 Å². The molecule has 0 unspecified atom stereocenters. The summed E-state index contributed by atoms with van der Waals surface area (Å²) in [5.74, 6) is 0.448.